The van der Waals surface area contributed by atoms with Crippen molar-refractivity contribution in [3.63, 3.8) is 0 Å². The molecule has 6 nitrogen and oxygen atoms in total. The van der Waals surface area contributed by atoms with Crippen LogP contribution < -0.4 is 15.0 Å². The molecule has 0 aliphatic carbocycles. The zero-order valence-electron chi connectivity index (χ0n) is 17.4. The molecule has 2 fully saturated rings. The summed E-state index contributed by atoms with van der Waals surface area (Å²) in [5, 5.41) is 13.1. The Morgan fingerprint density at radius 3 is 2.52 bits per heavy atom. The first-order chi connectivity index (χ1) is 14.8. The topological polar surface area (TPSA) is 78.2 Å². The van der Waals surface area contributed by atoms with Crippen molar-refractivity contribution < 1.29 is 9.53 Å². The molecule has 3 heterocycles. The van der Waals surface area contributed by atoms with E-state index in [9.17, 15) is 4.79 Å². The molecule has 1 N–H and O–H groups in total. The SMILES string of the molecule is CC(C)(Oc1ccc(Cl)cc1Cl)C(=O)NC1CC2CCC(C1)N2c1ccc(C#N)cn1. The molecule has 1 aromatic heterocycles. The summed E-state index contributed by atoms with van der Waals surface area (Å²) in [6.07, 6.45) is 5.45. The fourth-order valence-corrected chi connectivity index (χ4v) is 4.96. The summed E-state index contributed by atoms with van der Waals surface area (Å²) < 4.78 is 5.92. The highest BCUT2D eigenvalue weighted by atomic mass is 35.5. The third-order valence-electron chi connectivity index (χ3n) is 6.02. The standard InChI is InChI=1S/C23H24Cl2N4O2/c1-23(2,31-20-7-4-15(24)9-19(20)25)22(30)28-16-10-17-5-6-18(11-16)29(17)21-8-3-14(12-26)13-27-21/h3-4,7-9,13,16-18H,5-6,10-11H2,1-2H3,(H,28,30). The largest absolute Gasteiger partial charge is 0.476 e. The number of anilines is 1. The summed E-state index contributed by atoms with van der Waals surface area (Å²) in [6.45, 7) is 3.47. The summed E-state index contributed by atoms with van der Waals surface area (Å²) in [5.41, 5.74) is -0.524. The number of amides is 1. The molecule has 4 rings (SSSR count). The summed E-state index contributed by atoms with van der Waals surface area (Å²) in [4.78, 5) is 19.8. The number of carbonyl (C=O) groups excluding carboxylic acids is 1. The number of carbonyl (C=O) groups is 1. The molecule has 0 spiro atoms. The maximum atomic E-state index is 13.0. The molecule has 1 amide bonds. The molecule has 2 aliphatic heterocycles. The van der Waals surface area contributed by atoms with Crippen LogP contribution in [0.15, 0.2) is 36.5 Å². The van der Waals surface area contributed by atoms with Crippen LogP contribution in [0, 0.1) is 11.3 Å². The highest BCUT2D eigenvalue weighted by molar-refractivity contribution is 6.35. The minimum atomic E-state index is -1.08. The van der Waals surface area contributed by atoms with E-state index in [0.29, 0.717) is 33.4 Å². The molecule has 2 bridgehead atoms. The van der Waals surface area contributed by atoms with Gasteiger partial charge in [0.05, 0.1) is 10.6 Å². The van der Waals surface area contributed by atoms with Crippen LogP contribution in [0.2, 0.25) is 10.0 Å². The number of piperidine rings is 1. The average molecular weight is 459 g/mol. The number of hydrogen-bond donors (Lipinski definition) is 1. The predicted octanol–water partition coefficient (Wildman–Crippen LogP) is 4.73. The van der Waals surface area contributed by atoms with Crippen molar-refractivity contribution in [3.8, 4) is 11.8 Å². The van der Waals surface area contributed by atoms with Gasteiger partial charge in [-0.15, -0.1) is 0 Å². The average Bonchev–Trinajstić information content (AvgIpc) is 3.00. The van der Waals surface area contributed by atoms with Gasteiger partial charge in [0.25, 0.3) is 5.91 Å². The van der Waals surface area contributed by atoms with Gasteiger partial charge in [0, 0.05) is 29.3 Å². The van der Waals surface area contributed by atoms with Crippen LogP contribution in [0.1, 0.15) is 45.1 Å². The molecule has 2 atom stereocenters. The number of nitriles is 1. The fourth-order valence-electron chi connectivity index (χ4n) is 4.51. The third kappa shape index (κ3) is 4.58. The molecule has 0 saturated carbocycles. The molecule has 31 heavy (non-hydrogen) atoms. The number of hydrogen-bond acceptors (Lipinski definition) is 5. The lowest BCUT2D eigenvalue weighted by atomic mass is 9.96. The quantitative estimate of drug-likeness (QED) is 0.699. The van der Waals surface area contributed by atoms with Crippen molar-refractivity contribution in [2.75, 3.05) is 4.90 Å². The number of aromatic nitrogens is 1. The number of nitrogens with one attached hydrogen (secondary N) is 1. The summed E-state index contributed by atoms with van der Waals surface area (Å²) >= 11 is 12.1. The first kappa shape index (κ1) is 21.7. The monoisotopic (exact) mass is 458 g/mol. The van der Waals surface area contributed by atoms with Crippen molar-refractivity contribution in [3.05, 3.63) is 52.1 Å². The van der Waals surface area contributed by atoms with Crippen molar-refractivity contribution in [2.45, 2.75) is 63.3 Å². The second-order valence-corrected chi connectivity index (χ2v) is 9.48. The Kier molecular flexibility index (Phi) is 6.00. The molecule has 2 unspecified atom stereocenters. The zero-order chi connectivity index (χ0) is 22.2. The van der Waals surface area contributed by atoms with Crippen LogP contribution in [0.25, 0.3) is 0 Å². The van der Waals surface area contributed by atoms with Gasteiger partial charge in [-0.2, -0.15) is 5.26 Å². The van der Waals surface area contributed by atoms with E-state index in [2.05, 4.69) is 21.3 Å². The van der Waals surface area contributed by atoms with Gasteiger partial charge in [-0.25, -0.2) is 4.98 Å². The molecule has 0 radical (unpaired) electrons. The highest BCUT2D eigenvalue weighted by Crippen LogP contribution is 2.39. The Balaban J connectivity index is 1.40. The van der Waals surface area contributed by atoms with Gasteiger partial charge in [-0.1, -0.05) is 23.2 Å². The summed E-state index contributed by atoms with van der Waals surface area (Å²) in [5.74, 6) is 1.15. The zero-order valence-corrected chi connectivity index (χ0v) is 19.0. The third-order valence-corrected chi connectivity index (χ3v) is 6.55. The first-order valence-corrected chi connectivity index (χ1v) is 11.1. The highest BCUT2D eigenvalue weighted by Gasteiger charge is 2.43. The van der Waals surface area contributed by atoms with Crippen LogP contribution in [0.4, 0.5) is 5.82 Å². The van der Waals surface area contributed by atoms with E-state index in [1.807, 2.05) is 6.07 Å². The van der Waals surface area contributed by atoms with Crippen LogP contribution in [0.5, 0.6) is 5.75 Å². The van der Waals surface area contributed by atoms with Gasteiger partial charge >= 0.3 is 0 Å². The van der Waals surface area contributed by atoms with Crippen molar-refractivity contribution in [1.82, 2.24) is 10.3 Å². The molecule has 1 aromatic carbocycles. The molecule has 2 saturated heterocycles. The number of halogens is 2. The minimum Gasteiger partial charge on any atom is -0.476 e. The Bertz CT molecular complexity index is 1010. The number of pyridine rings is 1. The fraction of sp³-hybridized carbons (Fsp3) is 0.435. The van der Waals surface area contributed by atoms with Crippen molar-refractivity contribution >= 4 is 34.9 Å². The molecule has 8 heteroatoms. The van der Waals surface area contributed by atoms with Gasteiger partial charge in [0.2, 0.25) is 0 Å². The Morgan fingerprint density at radius 1 is 1.23 bits per heavy atom. The van der Waals surface area contributed by atoms with E-state index >= 15 is 0 Å². The lowest BCUT2D eigenvalue weighted by Crippen LogP contribution is -2.55. The van der Waals surface area contributed by atoms with Crippen molar-refractivity contribution in [1.29, 1.82) is 5.26 Å². The summed E-state index contributed by atoms with van der Waals surface area (Å²) in [6, 6.07) is 11.5. The molecule has 2 aromatic rings. The van der Waals surface area contributed by atoms with Crippen LogP contribution >= 0.6 is 23.2 Å². The van der Waals surface area contributed by atoms with Gasteiger partial charge in [-0.3, -0.25) is 4.79 Å². The smallest absolute Gasteiger partial charge is 0.263 e. The van der Waals surface area contributed by atoms with Gasteiger partial charge in [0.1, 0.15) is 17.6 Å². The van der Waals surface area contributed by atoms with Gasteiger partial charge in [0.15, 0.2) is 5.60 Å². The van der Waals surface area contributed by atoms with Crippen LogP contribution in [-0.2, 0) is 4.79 Å². The Morgan fingerprint density at radius 2 is 1.94 bits per heavy atom. The lowest BCUT2D eigenvalue weighted by Gasteiger charge is -2.40. The Hall–Kier alpha value is -2.49. The van der Waals surface area contributed by atoms with E-state index in [-0.39, 0.29) is 11.9 Å². The number of nitrogens with zero attached hydrogens (tertiary/aromatic N) is 3. The van der Waals surface area contributed by atoms with E-state index in [0.717, 1.165) is 31.5 Å². The molecular weight excluding hydrogens is 435 g/mol. The maximum Gasteiger partial charge on any atom is 0.263 e. The van der Waals surface area contributed by atoms with Crippen molar-refractivity contribution in [2.24, 2.45) is 0 Å². The maximum absolute atomic E-state index is 13.0. The predicted molar refractivity (Wildman–Crippen MR) is 121 cm³/mol. The Labute approximate surface area is 192 Å². The number of benzene rings is 1. The number of ether oxygens (including phenoxy) is 1. The van der Waals surface area contributed by atoms with Gasteiger partial charge < -0.3 is 15.0 Å². The molecular formula is C23H24Cl2N4O2. The van der Waals surface area contributed by atoms with Gasteiger partial charge in [-0.05, 0) is 69.9 Å². The molecule has 2 aliphatic rings. The lowest BCUT2D eigenvalue weighted by molar-refractivity contribution is -0.135. The second-order valence-electron chi connectivity index (χ2n) is 8.64. The van der Waals surface area contributed by atoms with E-state index < -0.39 is 5.60 Å². The minimum absolute atomic E-state index is 0.0724. The van der Waals surface area contributed by atoms with Crippen LogP contribution in [0.3, 0.4) is 0 Å². The number of rotatable bonds is 5. The van der Waals surface area contributed by atoms with E-state index in [1.54, 1.807) is 44.3 Å². The van der Waals surface area contributed by atoms with E-state index in [1.165, 1.54) is 0 Å². The van der Waals surface area contributed by atoms with Crippen LogP contribution in [-0.4, -0.2) is 34.6 Å². The van der Waals surface area contributed by atoms with E-state index in [4.69, 9.17) is 33.2 Å². The molecule has 162 valence electrons. The first-order valence-electron chi connectivity index (χ1n) is 10.4. The number of fused-ring (bicyclic) bond motifs is 2. The normalized spacial score (nSPS) is 22.7. The second kappa shape index (κ2) is 8.57. The summed E-state index contributed by atoms with van der Waals surface area (Å²) in [7, 11) is 0.